The molecule has 0 aliphatic rings. The Balaban J connectivity index is 3.49. The van der Waals surface area contributed by atoms with Gasteiger partial charge in [-0.15, -0.1) is 0 Å². The van der Waals surface area contributed by atoms with E-state index in [0.717, 1.165) is 6.42 Å². The van der Waals surface area contributed by atoms with Crippen molar-refractivity contribution in [2.45, 2.75) is 26.7 Å². The number of halogens is 1. The molecule has 0 nitrogen and oxygen atoms in total. The van der Waals surface area contributed by atoms with Crippen LogP contribution in [0.1, 0.15) is 26.7 Å². The van der Waals surface area contributed by atoms with Crippen LogP contribution in [0.3, 0.4) is 0 Å². The second-order valence-electron chi connectivity index (χ2n) is 1.83. The molecule has 0 fully saturated rings. The number of allylic oxidation sites excluding steroid dienone is 4. The minimum atomic E-state index is -0.0319. The average Bonchev–Trinajstić information content (AvgIpc) is 1.85. The van der Waals surface area contributed by atoms with Gasteiger partial charge in [-0.25, -0.2) is 4.39 Å². The Labute approximate surface area is 56.1 Å². The van der Waals surface area contributed by atoms with E-state index in [2.05, 4.69) is 0 Å². The Hall–Kier alpha value is -0.590. The minimum Gasteiger partial charge on any atom is -0.212 e. The van der Waals surface area contributed by atoms with Crippen LogP contribution < -0.4 is 0 Å². The Morgan fingerprint density at radius 1 is 1.56 bits per heavy atom. The molecular formula is C8H13F. The molecule has 1 heteroatoms. The summed E-state index contributed by atoms with van der Waals surface area (Å²) in [7, 11) is 0. The zero-order valence-electron chi connectivity index (χ0n) is 6.02. The molecule has 0 spiro atoms. The summed E-state index contributed by atoms with van der Waals surface area (Å²) in [6, 6.07) is 0. The van der Waals surface area contributed by atoms with Gasteiger partial charge in [-0.1, -0.05) is 25.2 Å². The van der Waals surface area contributed by atoms with Crippen molar-refractivity contribution in [2.75, 3.05) is 0 Å². The molecule has 52 valence electrons. The monoisotopic (exact) mass is 128 g/mol. The first-order valence-electron chi connectivity index (χ1n) is 3.27. The Bertz CT molecular complexity index is 112. The highest BCUT2D eigenvalue weighted by Crippen LogP contribution is 2.04. The molecule has 0 aliphatic heterocycles. The van der Waals surface area contributed by atoms with Crippen LogP contribution in [0.4, 0.5) is 4.39 Å². The maximum atomic E-state index is 12.4. The fourth-order valence-electron chi connectivity index (χ4n) is 0.535. The highest BCUT2D eigenvalue weighted by Gasteiger charge is 1.85. The predicted molar refractivity (Wildman–Crippen MR) is 38.9 cm³/mol. The molecule has 0 N–H and O–H groups in total. The first-order valence-corrected chi connectivity index (χ1v) is 3.27. The topological polar surface area (TPSA) is 0 Å². The van der Waals surface area contributed by atoms with Crippen molar-refractivity contribution < 1.29 is 4.39 Å². The fourth-order valence-corrected chi connectivity index (χ4v) is 0.535. The molecule has 0 aromatic carbocycles. The molecule has 0 heterocycles. The van der Waals surface area contributed by atoms with E-state index in [9.17, 15) is 4.39 Å². The smallest absolute Gasteiger partial charge is 0.0997 e. The highest BCUT2D eigenvalue weighted by molar-refractivity contribution is 4.98. The van der Waals surface area contributed by atoms with Crippen LogP contribution in [0, 0.1) is 0 Å². The molecule has 0 rings (SSSR count). The summed E-state index contributed by atoms with van der Waals surface area (Å²) in [5, 5.41) is 0. The third-order valence-electron chi connectivity index (χ3n) is 0.974. The van der Waals surface area contributed by atoms with Crippen LogP contribution >= 0.6 is 0 Å². The third-order valence-corrected chi connectivity index (χ3v) is 0.974. The predicted octanol–water partition coefficient (Wildman–Crippen LogP) is 3.22. The summed E-state index contributed by atoms with van der Waals surface area (Å²) in [5.41, 5.74) is 0. The Kier molecular flexibility index (Phi) is 5.18. The van der Waals surface area contributed by atoms with Crippen molar-refractivity contribution in [1.29, 1.82) is 0 Å². The van der Waals surface area contributed by atoms with Crippen LogP contribution in [0.15, 0.2) is 24.1 Å². The van der Waals surface area contributed by atoms with Crippen LogP contribution in [-0.4, -0.2) is 0 Å². The molecule has 0 saturated carbocycles. The van der Waals surface area contributed by atoms with E-state index in [1.165, 1.54) is 0 Å². The van der Waals surface area contributed by atoms with Gasteiger partial charge < -0.3 is 0 Å². The van der Waals surface area contributed by atoms with Crippen molar-refractivity contribution in [3.05, 3.63) is 24.1 Å². The summed E-state index contributed by atoms with van der Waals surface area (Å²) in [6.07, 6.45) is 6.48. The van der Waals surface area contributed by atoms with Crippen molar-refractivity contribution in [2.24, 2.45) is 0 Å². The van der Waals surface area contributed by atoms with Crippen molar-refractivity contribution >= 4 is 0 Å². The summed E-state index contributed by atoms with van der Waals surface area (Å²) in [5.74, 6) is -0.0319. The summed E-state index contributed by atoms with van der Waals surface area (Å²) >= 11 is 0. The van der Waals surface area contributed by atoms with Gasteiger partial charge in [0.25, 0.3) is 0 Å². The van der Waals surface area contributed by atoms with E-state index in [4.69, 9.17) is 0 Å². The first-order chi connectivity index (χ1) is 4.31. The molecular weight excluding hydrogens is 115 g/mol. The first kappa shape index (κ1) is 8.41. The second-order valence-corrected chi connectivity index (χ2v) is 1.83. The number of hydrogen-bond acceptors (Lipinski definition) is 0. The van der Waals surface area contributed by atoms with Gasteiger partial charge in [-0.2, -0.15) is 0 Å². The van der Waals surface area contributed by atoms with E-state index in [1.54, 1.807) is 6.08 Å². The van der Waals surface area contributed by atoms with Gasteiger partial charge in [-0.3, -0.25) is 0 Å². The minimum absolute atomic E-state index is 0.0319. The largest absolute Gasteiger partial charge is 0.212 e. The molecule has 0 aliphatic carbocycles. The lowest BCUT2D eigenvalue weighted by Crippen LogP contribution is -1.68. The van der Waals surface area contributed by atoms with Crippen molar-refractivity contribution in [1.82, 2.24) is 0 Å². The summed E-state index contributed by atoms with van der Waals surface area (Å²) in [4.78, 5) is 0. The van der Waals surface area contributed by atoms with Gasteiger partial charge in [0.15, 0.2) is 0 Å². The molecule has 0 atom stereocenters. The van der Waals surface area contributed by atoms with Gasteiger partial charge in [-0.05, 0) is 13.3 Å². The molecule has 0 bridgehead atoms. The maximum Gasteiger partial charge on any atom is 0.0997 e. The van der Waals surface area contributed by atoms with Crippen LogP contribution in [0.2, 0.25) is 0 Å². The average molecular weight is 128 g/mol. The Morgan fingerprint density at radius 2 is 2.22 bits per heavy atom. The maximum absolute atomic E-state index is 12.4. The van der Waals surface area contributed by atoms with E-state index in [0.29, 0.717) is 6.42 Å². The number of hydrogen-bond donors (Lipinski definition) is 0. The van der Waals surface area contributed by atoms with Gasteiger partial charge in [0.2, 0.25) is 0 Å². The molecule has 0 radical (unpaired) electrons. The highest BCUT2D eigenvalue weighted by atomic mass is 19.1. The quantitative estimate of drug-likeness (QED) is 0.512. The molecule has 0 unspecified atom stereocenters. The molecule has 0 aromatic rings. The zero-order chi connectivity index (χ0) is 7.11. The van der Waals surface area contributed by atoms with Crippen molar-refractivity contribution in [3.8, 4) is 0 Å². The van der Waals surface area contributed by atoms with E-state index in [-0.39, 0.29) is 5.83 Å². The molecule has 9 heavy (non-hydrogen) atoms. The summed E-state index contributed by atoms with van der Waals surface area (Å²) in [6.45, 7) is 3.81. The number of rotatable bonds is 3. The molecule has 0 saturated heterocycles. The van der Waals surface area contributed by atoms with E-state index < -0.39 is 0 Å². The van der Waals surface area contributed by atoms with Crippen molar-refractivity contribution in [3.63, 3.8) is 0 Å². The van der Waals surface area contributed by atoms with Gasteiger partial charge >= 0.3 is 0 Å². The van der Waals surface area contributed by atoms with E-state index in [1.807, 2.05) is 26.0 Å². The lowest BCUT2D eigenvalue weighted by Gasteiger charge is -1.86. The van der Waals surface area contributed by atoms with Gasteiger partial charge in [0, 0.05) is 6.42 Å². The van der Waals surface area contributed by atoms with Gasteiger partial charge in [0.05, 0.1) is 5.83 Å². The third kappa shape index (κ3) is 5.28. The lowest BCUT2D eigenvalue weighted by molar-refractivity contribution is 0.612. The normalized spacial score (nSPS) is 13.0. The van der Waals surface area contributed by atoms with Gasteiger partial charge in [0.1, 0.15) is 0 Å². The molecule has 0 amide bonds. The second kappa shape index (κ2) is 5.54. The van der Waals surface area contributed by atoms with Crippen LogP contribution in [-0.2, 0) is 0 Å². The van der Waals surface area contributed by atoms with Crippen LogP contribution in [0.5, 0.6) is 0 Å². The standard InChI is InChI=1S/C8H13F/c1-3-5-7-8(9)6-4-2/h3,5-6H,4,7H2,1-2H3/b5-3-,8-6+. The SMILES string of the molecule is C/C=C\C/C(F)=C\CC. The lowest BCUT2D eigenvalue weighted by atomic mass is 10.3. The van der Waals surface area contributed by atoms with Crippen LogP contribution in [0.25, 0.3) is 0 Å². The zero-order valence-corrected chi connectivity index (χ0v) is 6.02. The summed E-state index contributed by atoms with van der Waals surface area (Å²) < 4.78 is 12.4. The molecule has 0 aromatic heterocycles. The fraction of sp³-hybridized carbons (Fsp3) is 0.500. The Morgan fingerprint density at radius 3 is 2.67 bits per heavy atom. The van der Waals surface area contributed by atoms with E-state index >= 15 is 0 Å².